The molecule has 3 aliphatic rings. The number of hydrogen-bond acceptors (Lipinski definition) is 14. The number of ether oxygens (including phenoxy) is 5. The van der Waals surface area contributed by atoms with Gasteiger partial charge in [-0.15, -0.1) is 0 Å². The third kappa shape index (κ3) is 11.7. The van der Waals surface area contributed by atoms with E-state index < -0.39 is 83.4 Å². The van der Waals surface area contributed by atoms with Crippen molar-refractivity contribution in [3.63, 3.8) is 0 Å². The van der Waals surface area contributed by atoms with Crippen molar-refractivity contribution >= 4 is 40.6 Å². The molecule has 15 heteroatoms. The number of alkyl carbamates (subject to hydrolysis) is 1. The second-order valence-corrected chi connectivity index (χ2v) is 18.4. The number of esters is 1. The summed E-state index contributed by atoms with van der Waals surface area (Å²) in [7, 11) is 3.76. The third-order valence-electron chi connectivity index (χ3n) is 13.6. The number of pyridine rings is 1. The first-order chi connectivity index (χ1) is 29.9. The summed E-state index contributed by atoms with van der Waals surface area (Å²) >= 11 is 0. The lowest BCUT2D eigenvalue weighted by Gasteiger charge is -2.47. The van der Waals surface area contributed by atoms with E-state index in [2.05, 4.69) is 34.4 Å². The number of para-hydroxylation sites is 1. The first-order valence-electron chi connectivity index (χ1n) is 22.9. The van der Waals surface area contributed by atoms with Crippen molar-refractivity contribution < 1.29 is 48.0 Å². The molecule has 3 fully saturated rings. The zero-order valence-corrected chi connectivity index (χ0v) is 39.3. The average Bonchev–Trinajstić information content (AvgIpc) is 3.57. The molecule has 0 radical (unpaired) electrons. The standard InChI is InChI=1S/C48H73N5O10/c1-12-38-48(9)42(51-46(58)63-48)35(28-49-21-22-53(13-2)14-3)39(54)29(4)26-47(8,59-23-17-18-33-25-34-19-15-16-20-36(34)50-27-33)43(31(6)40(55)32(7)44(57)61-38)62-45-41(56)37(52(10)11)24-30(5)60-45/h15-20,25,27,29-32,35,37-38,41-43,45,49,56H,12-14,21-24,26,28H2,1-11H3,(H,51,58)/b18-17+/t29-,30-,31+,32-,35+,37+,38-,41-,42-,43-,45+,47+,48-/m1/s1. The van der Waals surface area contributed by atoms with Gasteiger partial charge in [-0.3, -0.25) is 19.4 Å². The number of rotatable bonds is 15. The number of aliphatic hydroxyl groups excluding tert-OH is 1. The number of hydrogen-bond donors (Lipinski definition) is 3. The van der Waals surface area contributed by atoms with Gasteiger partial charge in [0.25, 0.3) is 0 Å². The molecule has 5 rings (SSSR count). The van der Waals surface area contributed by atoms with Crippen molar-refractivity contribution in [2.45, 2.75) is 136 Å². The molecular weight excluding hydrogens is 807 g/mol. The minimum absolute atomic E-state index is 0.0481. The van der Waals surface area contributed by atoms with Crippen molar-refractivity contribution in [2.75, 3.05) is 53.4 Å². The molecule has 1 amide bonds. The lowest BCUT2D eigenvalue weighted by atomic mass is 9.73. The van der Waals surface area contributed by atoms with Gasteiger partial charge in [0.05, 0.1) is 41.9 Å². The zero-order chi connectivity index (χ0) is 46.2. The van der Waals surface area contributed by atoms with Crippen LogP contribution in [0.25, 0.3) is 17.0 Å². The summed E-state index contributed by atoms with van der Waals surface area (Å²) < 4.78 is 32.0. The number of carbonyl (C=O) groups excluding carboxylic acids is 4. The number of amides is 1. The summed E-state index contributed by atoms with van der Waals surface area (Å²) in [4.78, 5) is 65.9. The summed E-state index contributed by atoms with van der Waals surface area (Å²) in [6.45, 7) is 19.7. The number of likely N-dealkylation sites (N-methyl/N-ethyl adjacent to an activating group) is 2. The van der Waals surface area contributed by atoms with E-state index in [-0.39, 0.29) is 43.9 Å². The smallest absolute Gasteiger partial charge is 0.408 e. The third-order valence-corrected chi connectivity index (χ3v) is 13.6. The Morgan fingerprint density at radius 3 is 2.43 bits per heavy atom. The van der Waals surface area contributed by atoms with Crippen LogP contribution >= 0.6 is 0 Å². The molecule has 3 saturated heterocycles. The predicted molar refractivity (Wildman–Crippen MR) is 241 cm³/mol. The van der Waals surface area contributed by atoms with Crippen LogP contribution in [-0.4, -0.2) is 151 Å². The van der Waals surface area contributed by atoms with Crippen LogP contribution < -0.4 is 10.6 Å². The Bertz CT molecular complexity index is 1910. The van der Waals surface area contributed by atoms with Gasteiger partial charge in [-0.05, 0) is 91.8 Å². The number of cyclic esters (lactones) is 1. The molecule has 350 valence electrons. The molecule has 1 aromatic heterocycles. The minimum atomic E-state index is -1.44. The monoisotopic (exact) mass is 880 g/mol. The van der Waals surface area contributed by atoms with Crippen LogP contribution in [-0.2, 0) is 38.1 Å². The lowest BCUT2D eigenvalue weighted by Crippen LogP contribution is -2.61. The quantitative estimate of drug-likeness (QED) is 0.123. The Hall–Kier alpha value is -3.83. The molecular formula is C48H73N5O10. The maximum atomic E-state index is 15.2. The number of ketones is 2. The number of Topliss-reactive ketones (excluding diaryl/α,β-unsaturated/α-hetero) is 2. The van der Waals surface area contributed by atoms with Gasteiger partial charge in [-0.2, -0.15) is 0 Å². The molecule has 0 spiro atoms. The fourth-order valence-corrected chi connectivity index (χ4v) is 9.78. The van der Waals surface area contributed by atoms with Crippen LogP contribution in [0.1, 0.15) is 87.1 Å². The van der Waals surface area contributed by atoms with Gasteiger partial charge in [-0.25, -0.2) is 4.79 Å². The van der Waals surface area contributed by atoms with Crippen molar-refractivity contribution in [3.05, 3.63) is 48.2 Å². The van der Waals surface area contributed by atoms with Gasteiger partial charge in [0, 0.05) is 49.1 Å². The minimum Gasteiger partial charge on any atom is -0.458 e. The van der Waals surface area contributed by atoms with Crippen molar-refractivity contribution in [3.8, 4) is 0 Å². The Balaban J connectivity index is 1.59. The molecule has 15 nitrogen and oxygen atoms in total. The molecule has 2 aromatic rings. The molecule has 63 heavy (non-hydrogen) atoms. The Morgan fingerprint density at radius 1 is 1.03 bits per heavy atom. The Kier molecular flexibility index (Phi) is 17.4. The lowest BCUT2D eigenvalue weighted by molar-refractivity contribution is -0.296. The summed E-state index contributed by atoms with van der Waals surface area (Å²) in [6.07, 6.45) is 0.982. The fraction of sp³-hybridized carbons (Fsp3) is 0.688. The Morgan fingerprint density at radius 2 is 1.75 bits per heavy atom. The molecule has 0 unspecified atom stereocenters. The van der Waals surface area contributed by atoms with Gasteiger partial charge in [0.15, 0.2) is 17.7 Å². The van der Waals surface area contributed by atoms with Crippen molar-refractivity contribution in [1.82, 2.24) is 25.4 Å². The van der Waals surface area contributed by atoms with E-state index in [1.165, 1.54) is 6.92 Å². The second-order valence-electron chi connectivity index (χ2n) is 18.4. The summed E-state index contributed by atoms with van der Waals surface area (Å²) in [5, 5.41) is 19.1. The molecule has 3 aliphatic heterocycles. The molecule has 1 aromatic carbocycles. The highest BCUT2D eigenvalue weighted by molar-refractivity contribution is 6.00. The van der Waals surface area contributed by atoms with E-state index in [9.17, 15) is 19.5 Å². The number of aliphatic hydroxyl groups is 1. The summed E-state index contributed by atoms with van der Waals surface area (Å²) in [5.74, 6) is -5.28. The maximum Gasteiger partial charge on any atom is 0.408 e. The van der Waals surface area contributed by atoms with Gasteiger partial charge in [0.1, 0.15) is 23.9 Å². The number of nitrogens with zero attached hydrogens (tertiary/aromatic N) is 3. The van der Waals surface area contributed by atoms with E-state index >= 15 is 4.79 Å². The van der Waals surface area contributed by atoms with Crippen LogP contribution in [0.3, 0.4) is 0 Å². The second kappa shape index (κ2) is 21.9. The maximum absolute atomic E-state index is 15.2. The SMILES string of the molecule is CC[C@H]1OC(=O)[C@H](C)C(=O)[C@H](C)[C@@H](O[C@@H]2O[C@H](C)C[C@H](N(C)C)[C@H]2O)[C@@](C)(OC/C=C/c2cnc3ccccc3c2)C[C@@H](C)C(=O)[C@H](CNCCN(CC)CC)[C@H]2NC(=O)O[C@@]21C. The molecule has 0 bridgehead atoms. The highest BCUT2D eigenvalue weighted by Crippen LogP contribution is 2.40. The highest BCUT2D eigenvalue weighted by Gasteiger charge is 2.58. The van der Waals surface area contributed by atoms with Crippen LogP contribution in [0.2, 0.25) is 0 Å². The van der Waals surface area contributed by atoms with Crippen molar-refractivity contribution in [2.24, 2.45) is 23.7 Å². The first-order valence-corrected chi connectivity index (χ1v) is 22.9. The van der Waals surface area contributed by atoms with Gasteiger partial charge < -0.3 is 49.2 Å². The molecule has 4 heterocycles. The summed E-state index contributed by atoms with van der Waals surface area (Å²) in [5.41, 5.74) is -1.11. The van der Waals surface area contributed by atoms with Crippen LogP contribution in [0.5, 0.6) is 0 Å². The first kappa shape index (κ1) is 50.2. The number of carbonyl (C=O) groups is 4. The number of nitrogens with one attached hydrogen (secondary N) is 2. The molecule has 0 saturated carbocycles. The van der Waals surface area contributed by atoms with Crippen molar-refractivity contribution in [1.29, 1.82) is 0 Å². The molecule has 0 aliphatic carbocycles. The Labute approximate surface area is 373 Å². The van der Waals surface area contributed by atoms with Crippen LogP contribution in [0.4, 0.5) is 4.79 Å². The predicted octanol–water partition coefficient (Wildman–Crippen LogP) is 5.02. The van der Waals surface area contributed by atoms with E-state index in [1.54, 1.807) is 20.0 Å². The highest BCUT2D eigenvalue weighted by atomic mass is 16.7. The average molecular weight is 880 g/mol. The van der Waals surface area contributed by atoms with E-state index in [4.69, 9.17) is 23.7 Å². The van der Waals surface area contributed by atoms with Crippen LogP contribution in [0.15, 0.2) is 42.6 Å². The molecule has 3 N–H and O–H groups in total. The summed E-state index contributed by atoms with van der Waals surface area (Å²) in [6, 6.07) is 8.66. The van der Waals surface area contributed by atoms with E-state index in [1.807, 2.05) is 89.2 Å². The number of fused-ring (bicyclic) bond motifs is 2. The van der Waals surface area contributed by atoms with Gasteiger partial charge in [-0.1, -0.05) is 65.0 Å². The fourth-order valence-electron chi connectivity index (χ4n) is 9.78. The van der Waals surface area contributed by atoms with E-state index in [0.717, 1.165) is 36.1 Å². The number of benzene rings is 1. The van der Waals surface area contributed by atoms with Crippen LogP contribution in [0, 0.1) is 23.7 Å². The van der Waals surface area contributed by atoms with Gasteiger partial charge in [0.2, 0.25) is 0 Å². The van der Waals surface area contributed by atoms with E-state index in [0.29, 0.717) is 13.0 Å². The molecule has 13 atom stereocenters. The zero-order valence-electron chi connectivity index (χ0n) is 39.3. The topological polar surface area (TPSA) is 178 Å². The largest absolute Gasteiger partial charge is 0.458 e. The number of aromatic nitrogens is 1. The normalized spacial score (nSPS) is 34.9. The van der Waals surface area contributed by atoms with Gasteiger partial charge >= 0.3 is 12.1 Å².